The standard InChI is InChI=1S/C20H18N2O/c1-3-9-17(10-4-1)16-23-20-14-8-7-11-18(20)15-21-22-19-12-5-2-6-13-19/h1-15,22H,16H2/b21-15-. The van der Waals surface area contributed by atoms with E-state index in [0.29, 0.717) is 6.61 Å². The van der Waals surface area contributed by atoms with Crippen molar-refractivity contribution in [2.75, 3.05) is 5.43 Å². The normalized spacial score (nSPS) is 10.6. The van der Waals surface area contributed by atoms with Crippen LogP contribution in [0.4, 0.5) is 5.69 Å². The van der Waals surface area contributed by atoms with Crippen LogP contribution in [0.1, 0.15) is 11.1 Å². The maximum absolute atomic E-state index is 5.91. The van der Waals surface area contributed by atoms with Gasteiger partial charge in [0.1, 0.15) is 12.4 Å². The molecular formula is C20H18N2O. The molecule has 3 rings (SSSR count). The second-order valence-corrected chi connectivity index (χ2v) is 5.05. The molecule has 0 saturated heterocycles. The highest BCUT2D eigenvalue weighted by Crippen LogP contribution is 2.17. The number of anilines is 1. The van der Waals surface area contributed by atoms with Crippen LogP contribution in [0.3, 0.4) is 0 Å². The maximum Gasteiger partial charge on any atom is 0.128 e. The van der Waals surface area contributed by atoms with Crippen LogP contribution in [0.25, 0.3) is 0 Å². The fourth-order valence-electron chi connectivity index (χ4n) is 2.14. The average molecular weight is 302 g/mol. The highest BCUT2D eigenvalue weighted by atomic mass is 16.5. The first kappa shape index (κ1) is 14.9. The van der Waals surface area contributed by atoms with Gasteiger partial charge in [0.15, 0.2) is 0 Å². The minimum atomic E-state index is 0.539. The van der Waals surface area contributed by atoms with Gasteiger partial charge >= 0.3 is 0 Å². The van der Waals surface area contributed by atoms with Gasteiger partial charge in [-0.2, -0.15) is 5.10 Å². The summed E-state index contributed by atoms with van der Waals surface area (Å²) in [6.45, 7) is 0.539. The summed E-state index contributed by atoms with van der Waals surface area (Å²) in [5, 5.41) is 4.27. The van der Waals surface area contributed by atoms with Crippen molar-refractivity contribution < 1.29 is 4.74 Å². The van der Waals surface area contributed by atoms with Crippen LogP contribution < -0.4 is 10.2 Å². The van der Waals surface area contributed by atoms with E-state index in [4.69, 9.17) is 4.74 Å². The monoisotopic (exact) mass is 302 g/mol. The summed E-state index contributed by atoms with van der Waals surface area (Å²) in [7, 11) is 0. The van der Waals surface area contributed by atoms with Crippen molar-refractivity contribution in [2.45, 2.75) is 6.61 Å². The quantitative estimate of drug-likeness (QED) is 0.528. The predicted octanol–water partition coefficient (Wildman–Crippen LogP) is 4.71. The van der Waals surface area contributed by atoms with Crippen molar-refractivity contribution in [2.24, 2.45) is 5.10 Å². The van der Waals surface area contributed by atoms with E-state index in [1.807, 2.05) is 84.9 Å². The molecule has 0 amide bonds. The summed E-state index contributed by atoms with van der Waals surface area (Å²) in [6, 6.07) is 27.8. The lowest BCUT2D eigenvalue weighted by Gasteiger charge is -2.09. The molecule has 0 bridgehead atoms. The number of hydrogen-bond acceptors (Lipinski definition) is 3. The maximum atomic E-state index is 5.91. The molecular weight excluding hydrogens is 284 g/mol. The summed E-state index contributed by atoms with van der Waals surface area (Å²) in [4.78, 5) is 0. The molecule has 0 heterocycles. The Bertz CT molecular complexity index is 755. The Balaban J connectivity index is 1.65. The third-order valence-electron chi connectivity index (χ3n) is 3.33. The van der Waals surface area contributed by atoms with Gasteiger partial charge in [-0.05, 0) is 29.8 Å². The third-order valence-corrected chi connectivity index (χ3v) is 3.33. The van der Waals surface area contributed by atoms with Crippen LogP contribution in [-0.2, 0) is 6.61 Å². The summed E-state index contributed by atoms with van der Waals surface area (Å²) in [5.41, 5.74) is 6.04. The van der Waals surface area contributed by atoms with E-state index in [9.17, 15) is 0 Å². The number of hydrazone groups is 1. The predicted molar refractivity (Wildman–Crippen MR) is 94.9 cm³/mol. The topological polar surface area (TPSA) is 33.6 Å². The molecule has 1 N–H and O–H groups in total. The molecule has 3 nitrogen and oxygen atoms in total. The number of rotatable bonds is 6. The smallest absolute Gasteiger partial charge is 0.128 e. The van der Waals surface area contributed by atoms with Crippen LogP contribution in [0.5, 0.6) is 5.75 Å². The van der Waals surface area contributed by atoms with Gasteiger partial charge in [0.05, 0.1) is 11.9 Å². The van der Waals surface area contributed by atoms with Gasteiger partial charge < -0.3 is 4.74 Å². The molecule has 0 aliphatic carbocycles. The van der Waals surface area contributed by atoms with Crippen molar-refractivity contribution in [1.82, 2.24) is 0 Å². The zero-order valence-electron chi connectivity index (χ0n) is 12.7. The van der Waals surface area contributed by atoms with Crippen LogP contribution >= 0.6 is 0 Å². The number of ether oxygens (including phenoxy) is 1. The average Bonchev–Trinajstić information content (AvgIpc) is 2.63. The summed E-state index contributed by atoms with van der Waals surface area (Å²) in [6.07, 6.45) is 1.77. The van der Waals surface area contributed by atoms with Crippen molar-refractivity contribution in [1.29, 1.82) is 0 Å². The number of nitrogens with zero attached hydrogens (tertiary/aromatic N) is 1. The second-order valence-electron chi connectivity index (χ2n) is 5.05. The number of hydrogen-bond donors (Lipinski definition) is 1. The van der Waals surface area contributed by atoms with Crippen molar-refractivity contribution in [3.8, 4) is 5.75 Å². The first-order valence-electron chi connectivity index (χ1n) is 7.52. The first-order chi connectivity index (χ1) is 11.4. The van der Waals surface area contributed by atoms with Gasteiger partial charge in [-0.3, -0.25) is 5.43 Å². The van der Waals surface area contributed by atoms with Gasteiger partial charge in [-0.25, -0.2) is 0 Å². The molecule has 23 heavy (non-hydrogen) atoms. The van der Waals surface area contributed by atoms with Crippen molar-refractivity contribution in [3.05, 3.63) is 96.1 Å². The second kappa shape index (κ2) is 7.80. The molecule has 0 unspecified atom stereocenters. The molecule has 3 heteroatoms. The van der Waals surface area contributed by atoms with Crippen LogP contribution in [0.15, 0.2) is 90.0 Å². The molecule has 0 fully saturated rings. The van der Waals surface area contributed by atoms with E-state index in [1.54, 1.807) is 6.21 Å². The zero-order chi connectivity index (χ0) is 15.7. The summed E-state index contributed by atoms with van der Waals surface area (Å²) in [5.74, 6) is 0.815. The Hall–Kier alpha value is -3.07. The SMILES string of the molecule is C(=N/Nc1ccccc1)/c1ccccc1OCc1ccccc1. The number of nitrogens with one attached hydrogen (secondary N) is 1. The Morgan fingerprint density at radius 3 is 2.22 bits per heavy atom. The molecule has 0 aromatic heterocycles. The van der Waals surface area contributed by atoms with Gasteiger partial charge in [-0.1, -0.05) is 60.7 Å². The van der Waals surface area contributed by atoms with Crippen molar-refractivity contribution in [3.63, 3.8) is 0 Å². The number of benzene rings is 3. The minimum absolute atomic E-state index is 0.539. The van der Waals surface area contributed by atoms with Crippen LogP contribution in [0.2, 0.25) is 0 Å². The highest BCUT2D eigenvalue weighted by Gasteiger charge is 2.01. The fourth-order valence-corrected chi connectivity index (χ4v) is 2.14. The molecule has 0 saturated carbocycles. The molecule has 0 aliphatic rings. The van der Waals surface area contributed by atoms with Crippen LogP contribution in [0, 0.1) is 0 Å². The Labute approximate surface area is 136 Å². The molecule has 114 valence electrons. The lowest BCUT2D eigenvalue weighted by Crippen LogP contribution is -1.99. The van der Waals surface area contributed by atoms with E-state index in [1.165, 1.54) is 0 Å². The lowest BCUT2D eigenvalue weighted by molar-refractivity contribution is 0.306. The zero-order valence-corrected chi connectivity index (χ0v) is 12.7. The molecule has 0 spiro atoms. The molecule has 3 aromatic carbocycles. The lowest BCUT2D eigenvalue weighted by atomic mass is 10.2. The van der Waals surface area contributed by atoms with Gasteiger partial charge in [0.25, 0.3) is 0 Å². The van der Waals surface area contributed by atoms with E-state index in [2.05, 4.69) is 10.5 Å². The molecule has 0 aliphatic heterocycles. The van der Waals surface area contributed by atoms with Gasteiger partial charge in [0.2, 0.25) is 0 Å². The minimum Gasteiger partial charge on any atom is -0.488 e. The fraction of sp³-hybridized carbons (Fsp3) is 0.0500. The Morgan fingerprint density at radius 2 is 1.43 bits per heavy atom. The summed E-state index contributed by atoms with van der Waals surface area (Å²) < 4.78 is 5.91. The summed E-state index contributed by atoms with van der Waals surface area (Å²) >= 11 is 0. The Kier molecular flexibility index (Phi) is 5.04. The van der Waals surface area contributed by atoms with E-state index < -0.39 is 0 Å². The Morgan fingerprint density at radius 1 is 0.783 bits per heavy atom. The van der Waals surface area contributed by atoms with Gasteiger partial charge in [0, 0.05) is 5.56 Å². The van der Waals surface area contributed by atoms with Gasteiger partial charge in [-0.15, -0.1) is 0 Å². The first-order valence-corrected chi connectivity index (χ1v) is 7.52. The van der Waals surface area contributed by atoms with E-state index in [0.717, 1.165) is 22.6 Å². The highest BCUT2D eigenvalue weighted by molar-refractivity contribution is 5.83. The number of para-hydroxylation sites is 2. The third kappa shape index (κ3) is 4.45. The van der Waals surface area contributed by atoms with E-state index >= 15 is 0 Å². The molecule has 0 radical (unpaired) electrons. The molecule has 3 aromatic rings. The van der Waals surface area contributed by atoms with Crippen LogP contribution in [-0.4, -0.2) is 6.21 Å². The van der Waals surface area contributed by atoms with Crippen molar-refractivity contribution >= 4 is 11.9 Å². The molecule has 0 atom stereocenters. The largest absolute Gasteiger partial charge is 0.488 e. The van der Waals surface area contributed by atoms with E-state index in [-0.39, 0.29) is 0 Å².